The third kappa shape index (κ3) is 4.34. The molecule has 0 aliphatic carbocycles. The van der Waals surface area contributed by atoms with Gasteiger partial charge in [0.05, 0.1) is 22.4 Å². The molecular formula is C24H30FN3O6. The first-order valence-electron chi connectivity index (χ1n) is 11.3. The first-order chi connectivity index (χ1) is 16.0. The Balaban J connectivity index is 1.72. The van der Waals surface area contributed by atoms with Crippen molar-refractivity contribution in [1.29, 1.82) is 0 Å². The van der Waals surface area contributed by atoms with Gasteiger partial charge in [-0.1, -0.05) is 0 Å². The summed E-state index contributed by atoms with van der Waals surface area (Å²) in [5.74, 6) is -1.75. The first-order valence-corrected chi connectivity index (χ1v) is 11.3. The number of benzene rings is 1. The van der Waals surface area contributed by atoms with Gasteiger partial charge in [-0.25, -0.2) is 9.18 Å². The average molecular weight is 476 g/mol. The number of carbonyl (C=O) groups excluding carboxylic acids is 2. The Kier molecular flexibility index (Phi) is 6.28. The maximum atomic E-state index is 15.4. The summed E-state index contributed by atoms with van der Waals surface area (Å²) < 4.78 is 33.1. The second-order valence-electron chi connectivity index (χ2n) is 9.89. The van der Waals surface area contributed by atoms with Gasteiger partial charge in [0.1, 0.15) is 17.9 Å². The summed E-state index contributed by atoms with van der Waals surface area (Å²) in [6.45, 7) is 9.36. The number of anilines is 1. The van der Waals surface area contributed by atoms with Crippen LogP contribution in [0.4, 0.5) is 10.1 Å². The molecule has 1 aromatic carbocycles. The van der Waals surface area contributed by atoms with Crippen molar-refractivity contribution in [2.75, 3.05) is 51.5 Å². The van der Waals surface area contributed by atoms with Crippen molar-refractivity contribution in [3.05, 3.63) is 33.9 Å². The highest BCUT2D eigenvalue weighted by molar-refractivity contribution is 5.98. The van der Waals surface area contributed by atoms with Gasteiger partial charge in [0.25, 0.3) is 0 Å². The molecule has 0 saturated carbocycles. The molecule has 3 heterocycles. The smallest absolute Gasteiger partial charge is 0.346 e. The Morgan fingerprint density at radius 2 is 1.85 bits per heavy atom. The summed E-state index contributed by atoms with van der Waals surface area (Å²) in [6.07, 6.45) is 1.42. The molecular weight excluding hydrogens is 445 g/mol. The van der Waals surface area contributed by atoms with Crippen LogP contribution in [0.15, 0.2) is 17.1 Å². The molecule has 2 aromatic rings. The minimum Gasteiger partial charge on any atom is -0.487 e. The molecule has 1 fully saturated rings. The molecule has 0 amide bonds. The monoisotopic (exact) mass is 475 g/mol. The highest BCUT2D eigenvalue weighted by Crippen LogP contribution is 2.42. The Hall–Kier alpha value is -3.14. The molecule has 0 bridgehead atoms. The molecule has 0 radical (unpaired) electrons. The van der Waals surface area contributed by atoms with E-state index in [1.807, 2.05) is 18.9 Å². The summed E-state index contributed by atoms with van der Waals surface area (Å²) in [7, 11) is 2.01. The lowest BCUT2D eigenvalue weighted by Crippen LogP contribution is -2.45. The van der Waals surface area contributed by atoms with E-state index in [0.717, 1.165) is 13.1 Å². The Morgan fingerprint density at radius 3 is 2.50 bits per heavy atom. The number of pyridine rings is 1. The van der Waals surface area contributed by atoms with E-state index in [2.05, 4.69) is 4.90 Å². The van der Waals surface area contributed by atoms with Crippen molar-refractivity contribution in [2.45, 2.75) is 33.7 Å². The zero-order chi connectivity index (χ0) is 24.8. The van der Waals surface area contributed by atoms with Crippen LogP contribution < -0.4 is 15.1 Å². The fourth-order valence-corrected chi connectivity index (χ4v) is 4.11. The van der Waals surface area contributed by atoms with E-state index < -0.39 is 35.4 Å². The molecule has 10 heteroatoms. The van der Waals surface area contributed by atoms with Crippen LogP contribution in [0, 0.1) is 11.2 Å². The van der Waals surface area contributed by atoms with E-state index in [1.54, 1.807) is 25.3 Å². The topological polar surface area (TPSA) is 90.3 Å². The zero-order valence-corrected chi connectivity index (χ0v) is 20.1. The van der Waals surface area contributed by atoms with Crippen LogP contribution in [0.1, 0.15) is 44.1 Å². The largest absolute Gasteiger partial charge is 0.487 e. The Bertz CT molecular complexity index is 1190. The Morgan fingerprint density at radius 1 is 1.18 bits per heavy atom. The molecule has 184 valence electrons. The number of ether oxygens (including phenoxy) is 3. The van der Waals surface area contributed by atoms with E-state index >= 15 is 4.39 Å². The number of hydrogen-bond donors (Lipinski definition) is 0. The van der Waals surface area contributed by atoms with Gasteiger partial charge in [0.2, 0.25) is 12.2 Å². The van der Waals surface area contributed by atoms with E-state index in [9.17, 15) is 14.4 Å². The summed E-state index contributed by atoms with van der Waals surface area (Å²) in [6, 6.07) is 0.968. The molecule has 0 spiro atoms. The lowest BCUT2D eigenvalue weighted by Gasteiger charge is -2.37. The van der Waals surface area contributed by atoms with Crippen LogP contribution in [0.5, 0.6) is 5.75 Å². The van der Waals surface area contributed by atoms with E-state index in [1.165, 1.54) is 12.3 Å². The van der Waals surface area contributed by atoms with Crippen molar-refractivity contribution >= 4 is 28.5 Å². The third-order valence-corrected chi connectivity index (χ3v) is 6.17. The minimum absolute atomic E-state index is 0.0399. The number of aromatic nitrogens is 1. The molecule has 1 atom stereocenters. The number of rotatable bonds is 4. The van der Waals surface area contributed by atoms with Gasteiger partial charge in [-0.3, -0.25) is 9.59 Å². The summed E-state index contributed by atoms with van der Waals surface area (Å²) in [5.41, 5.74) is -0.893. The molecule has 0 N–H and O–H groups in total. The Labute approximate surface area is 197 Å². The van der Waals surface area contributed by atoms with Crippen molar-refractivity contribution in [1.82, 2.24) is 9.47 Å². The molecule has 0 unspecified atom stereocenters. The van der Waals surface area contributed by atoms with Gasteiger partial charge in [0.15, 0.2) is 11.6 Å². The van der Waals surface area contributed by atoms with Crippen LogP contribution in [0.2, 0.25) is 0 Å². The highest BCUT2D eigenvalue weighted by atomic mass is 19.1. The number of esters is 2. The summed E-state index contributed by atoms with van der Waals surface area (Å²) in [5, 5.41) is 0.0399. The number of piperazine rings is 1. The van der Waals surface area contributed by atoms with Crippen LogP contribution in [-0.4, -0.2) is 68.0 Å². The molecule has 34 heavy (non-hydrogen) atoms. The fourth-order valence-electron chi connectivity index (χ4n) is 4.11. The lowest BCUT2D eigenvalue weighted by molar-refractivity contribution is -0.161. The minimum atomic E-state index is -0.943. The number of hydrogen-bond acceptors (Lipinski definition) is 8. The van der Waals surface area contributed by atoms with Crippen LogP contribution >= 0.6 is 0 Å². The third-order valence-electron chi connectivity index (χ3n) is 6.17. The predicted molar refractivity (Wildman–Crippen MR) is 124 cm³/mol. The maximum absolute atomic E-state index is 15.4. The van der Waals surface area contributed by atoms with E-state index in [4.69, 9.17) is 14.2 Å². The van der Waals surface area contributed by atoms with Gasteiger partial charge >= 0.3 is 11.9 Å². The highest BCUT2D eigenvalue weighted by Gasteiger charge is 2.31. The number of likely N-dealkylation sites (N-methyl/N-ethyl adjacent to an activating group) is 1. The lowest BCUT2D eigenvalue weighted by atomic mass is 9.98. The van der Waals surface area contributed by atoms with Crippen LogP contribution in [-0.2, 0) is 14.3 Å². The quantitative estimate of drug-likeness (QED) is 0.492. The standard InChI is InChI=1S/C24H30FN3O6/c1-14-12-32-21-18-15(10-17(25)19(21)27-8-6-26(5)7-9-27)20(29)16(11-28(14)18)22(30)33-13-34-23(31)24(2,3)4/h10-11,14H,6-9,12-13H2,1-5H3/t14-/m0/s1. The second-order valence-corrected chi connectivity index (χ2v) is 9.89. The van der Waals surface area contributed by atoms with E-state index in [-0.39, 0.29) is 23.6 Å². The van der Waals surface area contributed by atoms with Gasteiger partial charge < -0.3 is 28.6 Å². The molecule has 2 aliphatic heterocycles. The second kappa shape index (κ2) is 8.90. The fraction of sp³-hybridized carbons (Fsp3) is 0.542. The summed E-state index contributed by atoms with van der Waals surface area (Å²) in [4.78, 5) is 41.9. The predicted octanol–water partition coefficient (Wildman–Crippen LogP) is 2.55. The molecule has 1 saturated heterocycles. The normalized spacial score (nSPS) is 18.5. The first kappa shape index (κ1) is 24.0. The molecule has 4 rings (SSSR count). The van der Waals surface area contributed by atoms with Crippen molar-refractivity contribution in [3.63, 3.8) is 0 Å². The molecule has 9 nitrogen and oxygen atoms in total. The van der Waals surface area contributed by atoms with Crippen molar-refractivity contribution in [2.24, 2.45) is 5.41 Å². The number of nitrogens with zero attached hydrogens (tertiary/aromatic N) is 3. The van der Waals surface area contributed by atoms with Crippen LogP contribution in [0.25, 0.3) is 10.9 Å². The van der Waals surface area contributed by atoms with Crippen molar-refractivity contribution < 1.29 is 28.2 Å². The number of carbonyl (C=O) groups is 2. The van der Waals surface area contributed by atoms with E-state index in [0.29, 0.717) is 30.0 Å². The summed E-state index contributed by atoms with van der Waals surface area (Å²) >= 11 is 0. The maximum Gasteiger partial charge on any atom is 0.346 e. The van der Waals surface area contributed by atoms with Gasteiger partial charge in [-0.2, -0.15) is 0 Å². The molecule has 2 aliphatic rings. The molecule has 1 aromatic heterocycles. The van der Waals surface area contributed by atoms with Gasteiger partial charge in [0, 0.05) is 32.4 Å². The SMILES string of the molecule is C[C@H]1COc2c(N3CCN(C)CC3)c(F)cc3c(=O)c(C(=O)OCOC(=O)C(C)(C)C)cn1c23. The van der Waals surface area contributed by atoms with Gasteiger partial charge in [-0.15, -0.1) is 0 Å². The van der Waals surface area contributed by atoms with Crippen molar-refractivity contribution in [3.8, 4) is 5.75 Å². The average Bonchev–Trinajstić information content (AvgIpc) is 2.77. The zero-order valence-electron chi connectivity index (χ0n) is 20.1. The van der Waals surface area contributed by atoms with Gasteiger partial charge in [-0.05, 0) is 40.8 Å². The number of halogens is 1. The van der Waals surface area contributed by atoms with Crippen LogP contribution in [0.3, 0.4) is 0 Å².